The van der Waals surface area contributed by atoms with E-state index in [-0.39, 0.29) is 17.6 Å². The molecular weight excluding hydrogens is 440 g/mol. The zero-order chi connectivity index (χ0) is 23.5. The first kappa shape index (κ1) is 22.9. The Kier molecular flexibility index (Phi) is 6.85. The molecule has 34 heavy (non-hydrogen) atoms. The van der Waals surface area contributed by atoms with Crippen molar-refractivity contribution in [3.05, 3.63) is 117 Å². The molecule has 1 fully saturated rings. The van der Waals surface area contributed by atoms with Gasteiger partial charge in [-0.2, -0.15) is 0 Å². The summed E-state index contributed by atoms with van der Waals surface area (Å²) >= 11 is 6.26. The Morgan fingerprint density at radius 3 is 2.32 bits per heavy atom. The van der Waals surface area contributed by atoms with Crippen molar-refractivity contribution >= 4 is 22.4 Å². The summed E-state index contributed by atoms with van der Waals surface area (Å²) in [6.45, 7) is 0.778. The number of rotatable bonds is 6. The summed E-state index contributed by atoms with van der Waals surface area (Å²) in [7, 11) is 2.15. The number of pyridine rings is 1. The van der Waals surface area contributed by atoms with E-state index in [1.165, 1.54) is 24.8 Å². The molecule has 4 aromatic rings. The van der Waals surface area contributed by atoms with Crippen molar-refractivity contribution < 1.29 is 0 Å². The fraction of sp³-hybridized carbons (Fsp3) is 0.300. The summed E-state index contributed by atoms with van der Waals surface area (Å²) in [5.41, 5.74) is 3.59. The van der Waals surface area contributed by atoms with E-state index in [9.17, 15) is 4.79 Å². The third-order valence-corrected chi connectivity index (χ3v) is 7.36. The highest BCUT2D eigenvalue weighted by Gasteiger charge is 2.28. The average Bonchev–Trinajstić information content (AvgIpc) is 2.87. The lowest BCUT2D eigenvalue weighted by Crippen LogP contribution is -2.35. The van der Waals surface area contributed by atoms with Gasteiger partial charge in [-0.1, -0.05) is 91.5 Å². The van der Waals surface area contributed by atoms with Gasteiger partial charge in [-0.3, -0.25) is 9.69 Å². The van der Waals surface area contributed by atoms with Gasteiger partial charge >= 0.3 is 0 Å². The second kappa shape index (κ2) is 10.2. The molecule has 1 unspecified atom stereocenters. The fourth-order valence-electron chi connectivity index (χ4n) is 5.48. The smallest absolute Gasteiger partial charge is 0.258 e. The van der Waals surface area contributed by atoms with E-state index < -0.39 is 0 Å². The van der Waals surface area contributed by atoms with Crippen LogP contribution in [-0.4, -0.2) is 16.5 Å². The summed E-state index contributed by atoms with van der Waals surface area (Å²) < 4.78 is 2.13. The molecule has 0 N–H and O–H groups in total. The van der Waals surface area contributed by atoms with Gasteiger partial charge in [0.25, 0.3) is 5.56 Å². The second-order valence-electron chi connectivity index (χ2n) is 9.48. The van der Waals surface area contributed by atoms with Gasteiger partial charge < -0.3 is 4.57 Å². The standard InChI is InChI=1S/C30H31ClN2O/c1-32(21-22-10-4-2-5-11-22)29(23-16-18-25(31)19-17-23)28-20-24-12-8-9-15-27(24)30(34)33(28)26-13-6-3-7-14-26/h2,4-5,8-12,15-20,26,29H,3,6-7,13-14,21H2,1H3. The lowest BCUT2D eigenvalue weighted by Gasteiger charge is -2.34. The quantitative estimate of drug-likeness (QED) is 0.293. The van der Waals surface area contributed by atoms with Crippen LogP contribution in [-0.2, 0) is 6.54 Å². The summed E-state index contributed by atoms with van der Waals surface area (Å²) in [6.07, 6.45) is 5.72. The second-order valence-corrected chi connectivity index (χ2v) is 9.91. The molecule has 174 valence electrons. The molecule has 1 atom stereocenters. The predicted molar refractivity (Wildman–Crippen MR) is 142 cm³/mol. The van der Waals surface area contributed by atoms with Crippen LogP contribution in [0.2, 0.25) is 5.02 Å². The van der Waals surface area contributed by atoms with E-state index >= 15 is 0 Å². The van der Waals surface area contributed by atoms with E-state index in [1.807, 2.05) is 36.4 Å². The van der Waals surface area contributed by atoms with Crippen LogP contribution in [0, 0.1) is 0 Å². The van der Waals surface area contributed by atoms with Crippen molar-refractivity contribution in [2.24, 2.45) is 0 Å². The van der Waals surface area contributed by atoms with Gasteiger partial charge in [0.15, 0.2) is 0 Å². The normalized spacial score (nSPS) is 15.6. The maximum Gasteiger partial charge on any atom is 0.258 e. The lowest BCUT2D eigenvalue weighted by atomic mass is 9.92. The molecule has 4 heteroatoms. The van der Waals surface area contributed by atoms with Crippen LogP contribution in [0.1, 0.15) is 61.0 Å². The molecule has 0 bridgehead atoms. The van der Waals surface area contributed by atoms with Crippen molar-refractivity contribution in [2.75, 3.05) is 7.05 Å². The van der Waals surface area contributed by atoms with Gasteiger partial charge in [0.2, 0.25) is 0 Å². The number of hydrogen-bond acceptors (Lipinski definition) is 2. The Morgan fingerprint density at radius 2 is 1.59 bits per heavy atom. The third kappa shape index (κ3) is 4.68. The molecule has 0 amide bonds. The average molecular weight is 471 g/mol. The monoisotopic (exact) mass is 470 g/mol. The van der Waals surface area contributed by atoms with Crippen LogP contribution in [0.3, 0.4) is 0 Å². The van der Waals surface area contributed by atoms with Crippen LogP contribution >= 0.6 is 11.6 Å². The van der Waals surface area contributed by atoms with Crippen molar-refractivity contribution in [3.8, 4) is 0 Å². The van der Waals surface area contributed by atoms with Crippen LogP contribution in [0.25, 0.3) is 10.8 Å². The highest BCUT2D eigenvalue weighted by molar-refractivity contribution is 6.30. The molecule has 1 saturated carbocycles. The lowest BCUT2D eigenvalue weighted by molar-refractivity contribution is 0.246. The van der Waals surface area contributed by atoms with Gasteiger partial charge in [0.1, 0.15) is 0 Å². The molecule has 3 nitrogen and oxygen atoms in total. The zero-order valence-electron chi connectivity index (χ0n) is 19.7. The van der Waals surface area contributed by atoms with Crippen molar-refractivity contribution in [1.82, 2.24) is 9.47 Å². The first-order valence-corrected chi connectivity index (χ1v) is 12.6. The van der Waals surface area contributed by atoms with Gasteiger partial charge in [-0.25, -0.2) is 0 Å². The molecule has 1 aliphatic rings. The molecule has 0 aliphatic heterocycles. The number of fused-ring (bicyclic) bond motifs is 1. The van der Waals surface area contributed by atoms with E-state index in [2.05, 4.69) is 65.0 Å². The SMILES string of the molecule is CN(Cc1ccccc1)C(c1ccc(Cl)cc1)c1cc2ccccc2c(=O)n1C1CCCCC1. The zero-order valence-corrected chi connectivity index (χ0v) is 20.4. The van der Waals surface area contributed by atoms with Gasteiger partial charge in [0, 0.05) is 28.7 Å². The van der Waals surface area contributed by atoms with Crippen molar-refractivity contribution in [1.29, 1.82) is 0 Å². The number of nitrogens with zero attached hydrogens (tertiary/aromatic N) is 2. The first-order chi connectivity index (χ1) is 16.6. The topological polar surface area (TPSA) is 25.2 Å². The highest BCUT2D eigenvalue weighted by atomic mass is 35.5. The van der Waals surface area contributed by atoms with Crippen molar-refractivity contribution in [3.63, 3.8) is 0 Å². The minimum absolute atomic E-state index is 0.0725. The van der Waals surface area contributed by atoms with Crippen LogP contribution < -0.4 is 5.56 Å². The minimum Gasteiger partial charge on any atom is -0.307 e. The van der Waals surface area contributed by atoms with Gasteiger partial charge in [-0.05, 0) is 60.7 Å². The number of hydrogen-bond donors (Lipinski definition) is 0. The molecule has 0 saturated heterocycles. The van der Waals surface area contributed by atoms with E-state index in [0.717, 1.165) is 46.4 Å². The number of halogens is 1. The Bertz CT molecular complexity index is 1310. The summed E-state index contributed by atoms with van der Waals surface area (Å²) in [6, 6.07) is 29.0. The predicted octanol–water partition coefficient (Wildman–Crippen LogP) is 7.38. The van der Waals surface area contributed by atoms with E-state index in [0.29, 0.717) is 0 Å². The van der Waals surface area contributed by atoms with Gasteiger partial charge in [-0.15, -0.1) is 0 Å². The molecule has 0 radical (unpaired) electrons. The Balaban J connectivity index is 1.70. The van der Waals surface area contributed by atoms with Gasteiger partial charge in [0.05, 0.1) is 6.04 Å². The van der Waals surface area contributed by atoms with E-state index in [4.69, 9.17) is 11.6 Å². The molecular formula is C30H31ClN2O. The number of benzene rings is 3. The van der Waals surface area contributed by atoms with Crippen LogP contribution in [0.4, 0.5) is 0 Å². The maximum absolute atomic E-state index is 13.9. The summed E-state index contributed by atoms with van der Waals surface area (Å²) in [5, 5.41) is 2.52. The first-order valence-electron chi connectivity index (χ1n) is 12.3. The minimum atomic E-state index is -0.0725. The molecule has 0 spiro atoms. The molecule has 5 rings (SSSR count). The highest BCUT2D eigenvalue weighted by Crippen LogP contribution is 2.35. The largest absolute Gasteiger partial charge is 0.307 e. The van der Waals surface area contributed by atoms with Crippen molar-refractivity contribution in [2.45, 2.75) is 50.7 Å². The Hall–Kier alpha value is -2.88. The van der Waals surface area contributed by atoms with Crippen LogP contribution in [0.5, 0.6) is 0 Å². The summed E-state index contributed by atoms with van der Waals surface area (Å²) in [4.78, 5) is 16.3. The molecule has 1 aromatic heterocycles. The molecule has 1 aliphatic carbocycles. The van der Waals surface area contributed by atoms with Crippen LogP contribution in [0.15, 0.2) is 89.7 Å². The Morgan fingerprint density at radius 1 is 0.912 bits per heavy atom. The number of aromatic nitrogens is 1. The van der Waals surface area contributed by atoms with E-state index in [1.54, 1.807) is 0 Å². The molecule has 1 heterocycles. The third-order valence-electron chi connectivity index (χ3n) is 7.11. The molecule has 3 aromatic carbocycles. The fourth-order valence-corrected chi connectivity index (χ4v) is 5.60. The Labute approximate surface area is 206 Å². The summed E-state index contributed by atoms with van der Waals surface area (Å²) in [5.74, 6) is 0. The maximum atomic E-state index is 13.9.